The van der Waals surface area contributed by atoms with Gasteiger partial charge in [-0.25, -0.2) is 9.78 Å². The number of aromatic amines is 1. The third-order valence-corrected chi connectivity index (χ3v) is 5.08. The van der Waals surface area contributed by atoms with Crippen molar-refractivity contribution in [2.24, 2.45) is 0 Å². The van der Waals surface area contributed by atoms with Crippen molar-refractivity contribution < 1.29 is 9.90 Å². The van der Waals surface area contributed by atoms with Crippen molar-refractivity contribution in [3.05, 3.63) is 101 Å². The molecule has 134 valence electrons. The van der Waals surface area contributed by atoms with E-state index in [4.69, 9.17) is 0 Å². The third kappa shape index (κ3) is 3.10. The van der Waals surface area contributed by atoms with Crippen LogP contribution in [0.1, 0.15) is 44.4 Å². The van der Waals surface area contributed by atoms with Crippen LogP contribution < -0.4 is 0 Å². The van der Waals surface area contributed by atoms with E-state index in [-0.39, 0.29) is 11.6 Å². The molecule has 0 saturated carbocycles. The van der Waals surface area contributed by atoms with Crippen LogP contribution in [0, 0.1) is 13.8 Å². The smallest absolute Gasteiger partial charge is 0.354 e. The summed E-state index contributed by atoms with van der Waals surface area (Å²) in [4.78, 5) is 19.2. The van der Waals surface area contributed by atoms with Gasteiger partial charge in [0, 0.05) is 17.1 Å². The first-order chi connectivity index (χ1) is 13.0. The number of para-hydroxylation sites is 1. The Morgan fingerprint density at radius 3 is 2.59 bits per heavy atom. The molecule has 0 bridgehead atoms. The molecule has 2 heterocycles. The van der Waals surface area contributed by atoms with E-state index in [1.807, 2.05) is 30.5 Å². The zero-order chi connectivity index (χ0) is 19.0. The Morgan fingerprint density at radius 1 is 1.00 bits per heavy atom. The summed E-state index contributed by atoms with van der Waals surface area (Å²) < 4.78 is 0. The van der Waals surface area contributed by atoms with Crippen LogP contribution >= 0.6 is 0 Å². The number of hydrogen-bond donors (Lipinski definition) is 2. The number of carboxylic acid groups (broad SMARTS) is 1. The Labute approximate surface area is 157 Å². The minimum absolute atomic E-state index is 0.0566. The standard InChI is InChI=1S/C23H20N2O2/c1-14-10-11-16(12-15(14)2)22(20-8-5-9-21(25-20)23(26)27)18-13-24-19-7-4-3-6-17(18)19/h3-13,22,24H,1-2H3,(H,26,27). The number of aromatic nitrogens is 2. The van der Waals surface area contributed by atoms with Gasteiger partial charge >= 0.3 is 5.97 Å². The molecule has 4 rings (SSSR count). The number of nitrogens with one attached hydrogen (secondary N) is 1. The maximum Gasteiger partial charge on any atom is 0.354 e. The summed E-state index contributed by atoms with van der Waals surface area (Å²) in [5.41, 5.74) is 6.44. The number of H-pyrrole nitrogens is 1. The van der Waals surface area contributed by atoms with Gasteiger partial charge in [0.2, 0.25) is 0 Å². The Balaban J connectivity index is 1.96. The molecule has 0 radical (unpaired) electrons. The van der Waals surface area contributed by atoms with E-state index in [1.54, 1.807) is 6.07 Å². The highest BCUT2D eigenvalue weighted by Gasteiger charge is 2.23. The second-order valence-corrected chi connectivity index (χ2v) is 6.82. The SMILES string of the molecule is Cc1ccc(C(c2cccc(C(=O)O)n2)c2c[nH]c3ccccc23)cc1C. The predicted octanol–water partition coefficient (Wildman–Crippen LogP) is 5.06. The van der Waals surface area contributed by atoms with Crippen molar-refractivity contribution in [1.29, 1.82) is 0 Å². The largest absolute Gasteiger partial charge is 0.477 e. The number of benzene rings is 2. The highest BCUT2D eigenvalue weighted by molar-refractivity contribution is 5.86. The van der Waals surface area contributed by atoms with Crippen molar-refractivity contribution in [2.45, 2.75) is 19.8 Å². The van der Waals surface area contributed by atoms with Gasteiger partial charge < -0.3 is 10.1 Å². The zero-order valence-corrected chi connectivity index (χ0v) is 15.2. The third-order valence-electron chi connectivity index (χ3n) is 5.08. The van der Waals surface area contributed by atoms with Crippen molar-refractivity contribution in [3.63, 3.8) is 0 Å². The van der Waals surface area contributed by atoms with Crippen LogP contribution in [-0.2, 0) is 0 Å². The average molecular weight is 356 g/mol. The first kappa shape index (κ1) is 17.0. The molecule has 4 heteroatoms. The molecule has 0 saturated heterocycles. The van der Waals surface area contributed by atoms with Gasteiger partial charge in [-0.1, -0.05) is 42.5 Å². The maximum atomic E-state index is 11.4. The topological polar surface area (TPSA) is 66.0 Å². The maximum absolute atomic E-state index is 11.4. The molecule has 2 aromatic carbocycles. The molecular weight excluding hydrogens is 336 g/mol. The molecule has 0 aliphatic rings. The molecule has 0 aliphatic heterocycles. The summed E-state index contributed by atoms with van der Waals surface area (Å²) in [5.74, 6) is -1.17. The lowest BCUT2D eigenvalue weighted by Crippen LogP contribution is -2.09. The van der Waals surface area contributed by atoms with Crippen molar-refractivity contribution >= 4 is 16.9 Å². The Morgan fingerprint density at radius 2 is 1.81 bits per heavy atom. The van der Waals surface area contributed by atoms with Crippen LogP contribution in [0.4, 0.5) is 0 Å². The Hall–Kier alpha value is -3.40. The molecule has 0 amide bonds. The first-order valence-electron chi connectivity index (χ1n) is 8.88. The zero-order valence-electron chi connectivity index (χ0n) is 15.2. The van der Waals surface area contributed by atoms with E-state index in [0.29, 0.717) is 0 Å². The van der Waals surface area contributed by atoms with Crippen molar-refractivity contribution in [1.82, 2.24) is 9.97 Å². The minimum atomic E-state index is -1.02. The van der Waals surface area contributed by atoms with Gasteiger partial charge in [-0.15, -0.1) is 0 Å². The predicted molar refractivity (Wildman–Crippen MR) is 106 cm³/mol. The lowest BCUT2D eigenvalue weighted by molar-refractivity contribution is 0.0690. The Kier molecular flexibility index (Phi) is 4.24. The molecular formula is C23H20N2O2. The van der Waals surface area contributed by atoms with Crippen LogP contribution in [0.5, 0.6) is 0 Å². The van der Waals surface area contributed by atoms with Gasteiger partial charge in [-0.05, 0) is 54.3 Å². The lowest BCUT2D eigenvalue weighted by atomic mass is 9.86. The van der Waals surface area contributed by atoms with Gasteiger partial charge in [0.15, 0.2) is 0 Å². The van der Waals surface area contributed by atoms with Crippen molar-refractivity contribution in [2.75, 3.05) is 0 Å². The highest BCUT2D eigenvalue weighted by Crippen LogP contribution is 2.36. The van der Waals surface area contributed by atoms with E-state index in [2.05, 4.69) is 48.1 Å². The number of nitrogens with zero attached hydrogens (tertiary/aromatic N) is 1. The summed E-state index contributed by atoms with van der Waals surface area (Å²) in [5, 5.41) is 10.5. The molecule has 1 atom stereocenters. The molecule has 27 heavy (non-hydrogen) atoms. The lowest BCUT2D eigenvalue weighted by Gasteiger charge is -2.18. The second-order valence-electron chi connectivity index (χ2n) is 6.82. The van der Waals surface area contributed by atoms with Crippen LogP contribution in [0.15, 0.2) is 66.9 Å². The second kappa shape index (κ2) is 6.72. The minimum Gasteiger partial charge on any atom is -0.477 e. The summed E-state index contributed by atoms with van der Waals surface area (Å²) in [6.45, 7) is 4.18. The Bertz CT molecular complexity index is 1140. The van der Waals surface area contributed by atoms with Gasteiger partial charge in [0.25, 0.3) is 0 Å². The number of aryl methyl sites for hydroxylation is 2. The van der Waals surface area contributed by atoms with Crippen LogP contribution in [0.25, 0.3) is 10.9 Å². The average Bonchev–Trinajstić information content (AvgIpc) is 3.09. The van der Waals surface area contributed by atoms with Gasteiger partial charge in [-0.2, -0.15) is 0 Å². The molecule has 2 aromatic heterocycles. The summed E-state index contributed by atoms with van der Waals surface area (Å²) >= 11 is 0. The molecule has 4 nitrogen and oxygen atoms in total. The normalized spacial score (nSPS) is 12.2. The summed E-state index contributed by atoms with van der Waals surface area (Å²) in [6.07, 6.45) is 2.00. The summed E-state index contributed by atoms with van der Waals surface area (Å²) in [7, 11) is 0. The fraction of sp³-hybridized carbons (Fsp3) is 0.130. The number of fused-ring (bicyclic) bond motifs is 1. The van der Waals surface area contributed by atoms with Gasteiger partial charge in [-0.3, -0.25) is 0 Å². The van der Waals surface area contributed by atoms with Crippen LogP contribution in [-0.4, -0.2) is 21.0 Å². The molecule has 4 aromatic rings. The van der Waals surface area contributed by atoms with Crippen LogP contribution in [0.2, 0.25) is 0 Å². The van der Waals surface area contributed by atoms with E-state index in [0.717, 1.165) is 27.7 Å². The number of carboxylic acids is 1. The first-order valence-corrected chi connectivity index (χ1v) is 8.88. The van der Waals surface area contributed by atoms with E-state index in [9.17, 15) is 9.90 Å². The number of hydrogen-bond acceptors (Lipinski definition) is 2. The quantitative estimate of drug-likeness (QED) is 0.537. The van der Waals surface area contributed by atoms with E-state index < -0.39 is 5.97 Å². The fourth-order valence-corrected chi connectivity index (χ4v) is 3.52. The summed E-state index contributed by atoms with van der Waals surface area (Å²) in [6, 6.07) is 19.7. The monoisotopic (exact) mass is 356 g/mol. The molecule has 0 aliphatic carbocycles. The van der Waals surface area contributed by atoms with Crippen LogP contribution in [0.3, 0.4) is 0 Å². The number of carbonyl (C=O) groups is 1. The van der Waals surface area contributed by atoms with E-state index in [1.165, 1.54) is 17.2 Å². The van der Waals surface area contributed by atoms with Gasteiger partial charge in [0.1, 0.15) is 5.69 Å². The number of pyridine rings is 1. The van der Waals surface area contributed by atoms with Gasteiger partial charge in [0.05, 0.1) is 11.6 Å². The molecule has 2 N–H and O–H groups in total. The van der Waals surface area contributed by atoms with E-state index >= 15 is 0 Å². The molecule has 1 unspecified atom stereocenters. The molecule has 0 spiro atoms. The molecule has 0 fully saturated rings. The van der Waals surface area contributed by atoms with Crippen molar-refractivity contribution in [3.8, 4) is 0 Å². The fourth-order valence-electron chi connectivity index (χ4n) is 3.52. The number of rotatable bonds is 4. The highest BCUT2D eigenvalue weighted by atomic mass is 16.4. The number of aromatic carboxylic acids is 1.